The van der Waals surface area contributed by atoms with Gasteiger partial charge in [0.05, 0.1) is 18.1 Å². The molecule has 0 aromatic heterocycles. The molecular weight excluding hydrogens is 371 g/mol. The van der Waals surface area contributed by atoms with Crippen molar-refractivity contribution in [1.29, 1.82) is 0 Å². The zero-order valence-corrected chi connectivity index (χ0v) is 15.5. The molecule has 0 spiro atoms. The Hall–Kier alpha value is -0.930. The van der Waals surface area contributed by atoms with Gasteiger partial charge in [-0.05, 0) is 43.4 Å². The minimum Gasteiger partial charge on any atom is -0.490 e. The number of ether oxygens (including phenoxy) is 2. The number of benzene rings is 1. The third kappa shape index (κ3) is 5.27. The summed E-state index contributed by atoms with van der Waals surface area (Å²) in [6.07, 6.45) is 2.83. The second-order valence-corrected chi connectivity index (χ2v) is 8.15. The van der Waals surface area contributed by atoms with E-state index in [0.717, 1.165) is 25.3 Å². The number of sulfonamides is 1. The molecule has 2 atom stereocenters. The predicted molar refractivity (Wildman–Crippen MR) is 94.0 cm³/mol. The normalized spacial score (nSPS) is 21.6. The Balaban J connectivity index is 0.00000225. The standard InChI is InChI=1S/C16H23FN2O4S.ClH/c17-14-7-13(24(20,21)19-15(8-18)12-1-2-12)3-4-16(14)23-10-11-5-6-22-9-11;/h3-4,7,11-12,15,19H,1-2,5-6,8-10,18H2;1H. The molecule has 6 nitrogen and oxygen atoms in total. The van der Waals surface area contributed by atoms with E-state index in [0.29, 0.717) is 19.8 Å². The van der Waals surface area contributed by atoms with Crippen molar-refractivity contribution in [3.05, 3.63) is 24.0 Å². The zero-order chi connectivity index (χ0) is 17.2. The number of hydrogen-bond donors (Lipinski definition) is 2. The van der Waals surface area contributed by atoms with Crippen molar-refractivity contribution in [3.63, 3.8) is 0 Å². The second-order valence-electron chi connectivity index (χ2n) is 6.43. The monoisotopic (exact) mass is 394 g/mol. The molecule has 1 saturated heterocycles. The summed E-state index contributed by atoms with van der Waals surface area (Å²) in [6.45, 7) is 1.90. The Morgan fingerprint density at radius 1 is 1.36 bits per heavy atom. The lowest BCUT2D eigenvalue weighted by molar-refractivity contribution is 0.165. The number of nitrogens with one attached hydrogen (secondary N) is 1. The smallest absolute Gasteiger partial charge is 0.240 e. The molecule has 1 aliphatic heterocycles. The first kappa shape index (κ1) is 20.4. The molecule has 1 aromatic carbocycles. The van der Waals surface area contributed by atoms with Gasteiger partial charge in [0.2, 0.25) is 10.0 Å². The Morgan fingerprint density at radius 2 is 2.12 bits per heavy atom. The van der Waals surface area contributed by atoms with Crippen LogP contribution in [0.3, 0.4) is 0 Å². The highest BCUT2D eigenvalue weighted by Gasteiger charge is 2.33. The van der Waals surface area contributed by atoms with E-state index in [9.17, 15) is 12.8 Å². The van der Waals surface area contributed by atoms with Crippen LogP contribution in [0.5, 0.6) is 5.75 Å². The van der Waals surface area contributed by atoms with Gasteiger partial charge in [-0.1, -0.05) is 0 Å². The van der Waals surface area contributed by atoms with Crippen molar-refractivity contribution < 1.29 is 22.3 Å². The van der Waals surface area contributed by atoms with E-state index in [4.69, 9.17) is 15.2 Å². The third-order valence-corrected chi connectivity index (χ3v) is 5.95. The highest BCUT2D eigenvalue weighted by atomic mass is 35.5. The average Bonchev–Trinajstić information content (AvgIpc) is 3.27. The van der Waals surface area contributed by atoms with Crippen LogP contribution >= 0.6 is 12.4 Å². The quantitative estimate of drug-likeness (QED) is 0.700. The summed E-state index contributed by atoms with van der Waals surface area (Å²) in [6, 6.07) is 3.40. The molecule has 142 valence electrons. The molecule has 1 saturated carbocycles. The highest BCUT2D eigenvalue weighted by molar-refractivity contribution is 7.89. The lowest BCUT2D eigenvalue weighted by Crippen LogP contribution is -2.41. The molecule has 2 fully saturated rings. The van der Waals surface area contributed by atoms with Gasteiger partial charge in [0.25, 0.3) is 0 Å². The minimum atomic E-state index is -3.79. The van der Waals surface area contributed by atoms with Crippen LogP contribution in [0.15, 0.2) is 23.1 Å². The van der Waals surface area contributed by atoms with Crippen LogP contribution in [0, 0.1) is 17.7 Å². The minimum absolute atomic E-state index is 0. The lowest BCUT2D eigenvalue weighted by atomic mass is 10.1. The summed E-state index contributed by atoms with van der Waals surface area (Å²) >= 11 is 0. The van der Waals surface area contributed by atoms with Gasteiger partial charge in [0.1, 0.15) is 0 Å². The summed E-state index contributed by atoms with van der Waals surface area (Å²) in [5.74, 6) is -0.102. The molecule has 9 heteroatoms. The van der Waals surface area contributed by atoms with Crippen LogP contribution in [0.2, 0.25) is 0 Å². The predicted octanol–water partition coefficient (Wildman–Crippen LogP) is 1.68. The average molecular weight is 395 g/mol. The number of halogens is 2. The first-order chi connectivity index (χ1) is 11.5. The molecule has 3 N–H and O–H groups in total. The molecule has 2 unspecified atom stereocenters. The van der Waals surface area contributed by atoms with E-state index in [-0.39, 0.29) is 47.5 Å². The summed E-state index contributed by atoms with van der Waals surface area (Å²) in [4.78, 5) is -0.115. The van der Waals surface area contributed by atoms with Gasteiger partial charge >= 0.3 is 0 Å². The van der Waals surface area contributed by atoms with Gasteiger partial charge in [0.15, 0.2) is 11.6 Å². The van der Waals surface area contributed by atoms with Crippen molar-refractivity contribution >= 4 is 22.4 Å². The fourth-order valence-corrected chi connectivity index (χ4v) is 4.12. The summed E-state index contributed by atoms with van der Waals surface area (Å²) in [7, 11) is -3.79. The van der Waals surface area contributed by atoms with Crippen LogP contribution in [-0.4, -0.2) is 40.8 Å². The highest BCUT2D eigenvalue weighted by Crippen LogP contribution is 2.33. The molecule has 1 heterocycles. The molecule has 0 bridgehead atoms. The van der Waals surface area contributed by atoms with Crippen LogP contribution in [0.4, 0.5) is 4.39 Å². The van der Waals surface area contributed by atoms with Crippen LogP contribution < -0.4 is 15.2 Å². The molecule has 0 radical (unpaired) electrons. The van der Waals surface area contributed by atoms with E-state index < -0.39 is 15.8 Å². The summed E-state index contributed by atoms with van der Waals surface area (Å²) < 4.78 is 52.2. The molecule has 1 aliphatic carbocycles. The van der Waals surface area contributed by atoms with Crippen molar-refractivity contribution in [2.45, 2.75) is 30.2 Å². The first-order valence-corrected chi connectivity index (χ1v) is 9.70. The van der Waals surface area contributed by atoms with Gasteiger partial charge < -0.3 is 15.2 Å². The van der Waals surface area contributed by atoms with Gasteiger partial charge in [-0.3, -0.25) is 0 Å². The fourth-order valence-electron chi connectivity index (χ4n) is 2.79. The van der Waals surface area contributed by atoms with Gasteiger partial charge in [-0.2, -0.15) is 0 Å². The Kier molecular flexibility index (Phi) is 7.04. The Bertz CT molecular complexity index is 679. The van der Waals surface area contributed by atoms with E-state index in [1.165, 1.54) is 12.1 Å². The molecule has 25 heavy (non-hydrogen) atoms. The maximum Gasteiger partial charge on any atom is 0.240 e. The van der Waals surface area contributed by atoms with Crippen molar-refractivity contribution in [2.24, 2.45) is 17.6 Å². The maximum absolute atomic E-state index is 14.2. The Labute approximate surface area is 153 Å². The van der Waals surface area contributed by atoms with E-state index in [1.54, 1.807) is 0 Å². The molecule has 0 amide bonds. The number of rotatable bonds is 8. The fraction of sp³-hybridized carbons (Fsp3) is 0.625. The van der Waals surface area contributed by atoms with E-state index in [2.05, 4.69) is 4.72 Å². The number of nitrogens with two attached hydrogens (primary N) is 1. The third-order valence-electron chi connectivity index (χ3n) is 4.46. The van der Waals surface area contributed by atoms with Crippen LogP contribution in [0.25, 0.3) is 0 Å². The van der Waals surface area contributed by atoms with Gasteiger partial charge in [-0.25, -0.2) is 17.5 Å². The molecular formula is C16H24ClFN2O4S. The van der Waals surface area contributed by atoms with E-state index in [1.807, 2.05) is 0 Å². The first-order valence-electron chi connectivity index (χ1n) is 8.22. The van der Waals surface area contributed by atoms with E-state index >= 15 is 0 Å². The number of hydrogen-bond acceptors (Lipinski definition) is 5. The van der Waals surface area contributed by atoms with Crippen molar-refractivity contribution in [2.75, 3.05) is 26.4 Å². The lowest BCUT2D eigenvalue weighted by Gasteiger charge is -2.17. The van der Waals surface area contributed by atoms with Crippen molar-refractivity contribution in [3.8, 4) is 5.75 Å². The molecule has 1 aromatic rings. The van der Waals surface area contributed by atoms with Crippen LogP contribution in [-0.2, 0) is 14.8 Å². The van der Waals surface area contributed by atoms with Gasteiger partial charge in [0, 0.05) is 25.1 Å². The zero-order valence-electron chi connectivity index (χ0n) is 13.8. The van der Waals surface area contributed by atoms with Crippen molar-refractivity contribution in [1.82, 2.24) is 4.72 Å². The molecule has 2 aliphatic rings. The topological polar surface area (TPSA) is 90.7 Å². The maximum atomic E-state index is 14.2. The van der Waals surface area contributed by atoms with Crippen LogP contribution in [0.1, 0.15) is 19.3 Å². The Morgan fingerprint density at radius 3 is 2.68 bits per heavy atom. The largest absolute Gasteiger partial charge is 0.490 e. The second kappa shape index (κ2) is 8.64. The summed E-state index contributed by atoms with van der Waals surface area (Å²) in [5, 5.41) is 0. The summed E-state index contributed by atoms with van der Waals surface area (Å²) in [5.41, 5.74) is 5.62. The molecule has 3 rings (SSSR count). The van der Waals surface area contributed by atoms with Gasteiger partial charge in [-0.15, -0.1) is 12.4 Å². The SMILES string of the molecule is Cl.NCC(NS(=O)(=O)c1ccc(OCC2CCOC2)c(F)c1)C1CC1.